The van der Waals surface area contributed by atoms with Crippen LogP contribution in [0.1, 0.15) is 44.6 Å². The molecular formula is C22H32FN3O3S. The fraction of sp³-hybridized carbons (Fsp3) is 0.682. The van der Waals surface area contributed by atoms with Crippen LogP contribution >= 0.6 is 0 Å². The summed E-state index contributed by atoms with van der Waals surface area (Å²) in [4.78, 5) is 12.8. The van der Waals surface area contributed by atoms with Gasteiger partial charge in [0.15, 0.2) is 9.84 Å². The van der Waals surface area contributed by atoms with E-state index in [0.29, 0.717) is 31.3 Å². The van der Waals surface area contributed by atoms with Gasteiger partial charge in [-0.05, 0) is 74.7 Å². The lowest BCUT2D eigenvalue weighted by atomic mass is 9.89. The Kier molecular flexibility index (Phi) is 6.46. The molecule has 1 aromatic carbocycles. The molecule has 6 nitrogen and oxygen atoms in total. The zero-order chi connectivity index (χ0) is 21.3. The summed E-state index contributed by atoms with van der Waals surface area (Å²) in [6.07, 6.45) is 1.97. The van der Waals surface area contributed by atoms with Crippen molar-refractivity contribution >= 4 is 15.7 Å². The van der Waals surface area contributed by atoms with Crippen molar-refractivity contribution in [1.29, 1.82) is 0 Å². The van der Waals surface area contributed by atoms with Crippen LogP contribution in [0.2, 0.25) is 0 Å². The number of amides is 1. The van der Waals surface area contributed by atoms with Gasteiger partial charge >= 0.3 is 0 Å². The van der Waals surface area contributed by atoms with Crippen LogP contribution < -0.4 is 16.0 Å². The van der Waals surface area contributed by atoms with Gasteiger partial charge in [0.25, 0.3) is 0 Å². The fourth-order valence-electron chi connectivity index (χ4n) is 5.15. The number of alkyl halides is 1. The third kappa shape index (κ3) is 4.55. The monoisotopic (exact) mass is 437 g/mol. The number of carbonyl (C=O) groups is 1. The first-order chi connectivity index (χ1) is 14.3. The molecule has 1 saturated carbocycles. The molecule has 6 atom stereocenters. The minimum absolute atomic E-state index is 0.00823. The molecule has 3 fully saturated rings. The highest BCUT2D eigenvalue weighted by Gasteiger charge is 2.39. The Hall–Kier alpha value is -1.51. The van der Waals surface area contributed by atoms with Gasteiger partial charge in [0, 0.05) is 12.6 Å². The Morgan fingerprint density at radius 3 is 2.67 bits per heavy atom. The number of sulfone groups is 1. The van der Waals surface area contributed by atoms with E-state index in [9.17, 15) is 17.6 Å². The van der Waals surface area contributed by atoms with Crippen LogP contribution in [0.3, 0.4) is 0 Å². The second-order valence-electron chi connectivity index (χ2n) is 9.15. The quantitative estimate of drug-likeness (QED) is 0.655. The van der Waals surface area contributed by atoms with E-state index >= 15 is 0 Å². The molecule has 8 heteroatoms. The SMILES string of the molecule is CC1CCC(F)CC1S(=O)(=O)c1ccc(CNC(=O)C2CC3CNCCC3N2)cc1. The topological polar surface area (TPSA) is 87.3 Å². The predicted molar refractivity (Wildman–Crippen MR) is 113 cm³/mol. The molecule has 2 aliphatic heterocycles. The molecule has 0 bridgehead atoms. The van der Waals surface area contributed by atoms with Gasteiger partial charge in [-0.25, -0.2) is 12.8 Å². The Morgan fingerprint density at radius 2 is 1.93 bits per heavy atom. The molecule has 4 rings (SSSR count). The van der Waals surface area contributed by atoms with Crippen molar-refractivity contribution < 1.29 is 17.6 Å². The van der Waals surface area contributed by atoms with E-state index < -0.39 is 21.3 Å². The Balaban J connectivity index is 1.34. The van der Waals surface area contributed by atoms with Crippen LogP contribution in [0.15, 0.2) is 29.2 Å². The van der Waals surface area contributed by atoms with Crippen LogP contribution in [-0.4, -0.2) is 50.9 Å². The number of rotatable bonds is 5. The second kappa shape index (κ2) is 8.93. The maximum Gasteiger partial charge on any atom is 0.237 e. The van der Waals surface area contributed by atoms with Crippen molar-refractivity contribution in [2.45, 2.75) is 74.0 Å². The summed E-state index contributed by atoms with van der Waals surface area (Å²) in [6.45, 7) is 4.20. The van der Waals surface area contributed by atoms with Crippen LogP contribution in [-0.2, 0) is 21.2 Å². The fourth-order valence-corrected chi connectivity index (χ4v) is 7.23. The van der Waals surface area contributed by atoms with Gasteiger partial charge < -0.3 is 16.0 Å². The number of carbonyl (C=O) groups excluding carboxylic acids is 1. The lowest BCUT2D eigenvalue weighted by molar-refractivity contribution is -0.123. The van der Waals surface area contributed by atoms with Crippen molar-refractivity contribution in [3.05, 3.63) is 29.8 Å². The van der Waals surface area contributed by atoms with E-state index in [4.69, 9.17) is 0 Å². The van der Waals surface area contributed by atoms with Crippen LogP contribution in [0, 0.1) is 11.8 Å². The smallest absolute Gasteiger partial charge is 0.237 e. The standard InChI is InChI=1S/C22H32FN3O3S/c1-14-2-5-17(23)11-21(14)30(28,29)18-6-3-15(4-7-18)12-25-22(27)20-10-16-13-24-9-8-19(16)26-20/h3-4,6-7,14,16-17,19-21,24,26H,2,5,8-13H2,1H3,(H,25,27). The summed E-state index contributed by atoms with van der Waals surface area (Å²) < 4.78 is 39.7. The number of hydrogen-bond donors (Lipinski definition) is 3. The number of piperidine rings is 1. The molecular weight excluding hydrogens is 405 g/mol. The van der Waals surface area contributed by atoms with E-state index in [-0.39, 0.29) is 29.2 Å². The van der Waals surface area contributed by atoms with Gasteiger partial charge in [-0.3, -0.25) is 4.79 Å². The number of nitrogens with one attached hydrogen (secondary N) is 3. The van der Waals surface area contributed by atoms with Gasteiger partial charge in [0.05, 0.1) is 16.2 Å². The van der Waals surface area contributed by atoms with E-state index in [1.807, 2.05) is 6.92 Å². The molecule has 2 heterocycles. The third-order valence-electron chi connectivity index (χ3n) is 7.05. The van der Waals surface area contributed by atoms with Crippen LogP contribution in [0.5, 0.6) is 0 Å². The van der Waals surface area contributed by atoms with Crippen molar-refractivity contribution in [3.8, 4) is 0 Å². The average molecular weight is 438 g/mol. The van der Waals surface area contributed by atoms with Gasteiger partial charge in [-0.2, -0.15) is 0 Å². The maximum absolute atomic E-state index is 13.8. The van der Waals surface area contributed by atoms with Crippen molar-refractivity contribution in [1.82, 2.24) is 16.0 Å². The zero-order valence-corrected chi connectivity index (χ0v) is 18.3. The third-order valence-corrected chi connectivity index (χ3v) is 9.44. The summed E-state index contributed by atoms with van der Waals surface area (Å²) in [5, 5.41) is 9.11. The molecule has 166 valence electrons. The molecule has 3 N–H and O–H groups in total. The van der Waals surface area contributed by atoms with Gasteiger partial charge in [-0.1, -0.05) is 19.1 Å². The van der Waals surface area contributed by atoms with Crippen LogP contribution in [0.25, 0.3) is 0 Å². The first kappa shape index (κ1) is 21.7. The molecule has 1 aliphatic carbocycles. The van der Waals surface area contributed by atoms with Gasteiger partial charge in [0.2, 0.25) is 5.91 Å². The number of benzene rings is 1. The average Bonchev–Trinajstić information content (AvgIpc) is 3.18. The largest absolute Gasteiger partial charge is 0.351 e. The Bertz CT molecular complexity index is 847. The Labute approximate surface area is 178 Å². The summed E-state index contributed by atoms with van der Waals surface area (Å²) in [6, 6.07) is 6.89. The van der Waals surface area contributed by atoms with E-state index in [1.165, 1.54) is 0 Å². The molecule has 1 aromatic rings. The summed E-state index contributed by atoms with van der Waals surface area (Å²) in [7, 11) is -3.56. The van der Waals surface area contributed by atoms with Crippen LogP contribution in [0.4, 0.5) is 4.39 Å². The number of halogens is 1. The molecule has 0 radical (unpaired) electrons. The van der Waals surface area contributed by atoms with E-state index in [1.54, 1.807) is 24.3 Å². The normalized spacial score (nSPS) is 34.3. The van der Waals surface area contributed by atoms with Gasteiger partial charge in [-0.15, -0.1) is 0 Å². The molecule has 1 amide bonds. The molecule has 2 saturated heterocycles. The predicted octanol–water partition coefficient (Wildman–Crippen LogP) is 1.94. The molecule has 0 spiro atoms. The highest BCUT2D eigenvalue weighted by atomic mass is 32.2. The summed E-state index contributed by atoms with van der Waals surface area (Å²) in [5.74, 6) is 0.454. The number of fused-ring (bicyclic) bond motifs is 1. The van der Waals surface area contributed by atoms with Crippen molar-refractivity contribution in [3.63, 3.8) is 0 Å². The Morgan fingerprint density at radius 1 is 1.17 bits per heavy atom. The highest BCUT2D eigenvalue weighted by Crippen LogP contribution is 2.34. The minimum atomic E-state index is -3.56. The molecule has 6 unspecified atom stereocenters. The lowest BCUT2D eigenvalue weighted by Crippen LogP contribution is -2.45. The minimum Gasteiger partial charge on any atom is -0.351 e. The maximum atomic E-state index is 13.8. The van der Waals surface area contributed by atoms with Crippen molar-refractivity contribution in [2.75, 3.05) is 13.1 Å². The zero-order valence-electron chi connectivity index (χ0n) is 17.4. The molecule has 30 heavy (non-hydrogen) atoms. The number of hydrogen-bond acceptors (Lipinski definition) is 5. The van der Waals surface area contributed by atoms with E-state index in [0.717, 1.165) is 31.5 Å². The van der Waals surface area contributed by atoms with Crippen molar-refractivity contribution in [2.24, 2.45) is 11.8 Å². The van der Waals surface area contributed by atoms with Gasteiger partial charge in [0.1, 0.15) is 6.17 Å². The second-order valence-corrected chi connectivity index (χ2v) is 11.3. The van der Waals surface area contributed by atoms with E-state index in [2.05, 4.69) is 16.0 Å². The first-order valence-electron chi connectivity index (χ1n) is 11.1. The lowest BCUT2D eigenvalue weighted by Gasteiger charge is -2.30. The highest BCUT2D eigenvalue weighted by molar-refractivity contribution is 7.92. The molecule has 0 aromatic heterocycles. The summed E-state index contributed by atoms with van der Waals surface area (Å²) in [5.41, 5.74) is 0.847. The first-order valence-corrected chi connectivity index (χ1v) is 12.6. The summed E-state index contributed by atoms with van der Waals surface area (Å²) >= 11 is 0. The molecule has 3 aliphatic rings.